The van der Waals surface area contributed by atoms with Gasteiger partial charge in [0.05, 0.1) is 6.54 Å². The fraction of sp³-hybridized carbons (Fsp3) is 0.688. The number of carbonyl (C=O) groups is 1. The highest BCUT2D eigenvalue weighted by Gasteiger charge is 2.26. The molecule has 0 saturated heterocycles. The quantitative estimate of drug-likeness (QED) is 0.689. The molecule has 2 rings (SSSR count). The zero-order valence-corrected chi connectivity index (χ0v) is 17.2. The average Bonchev–Trinajstić information content (AvgIpc) is 3.16. The molecule has 1 aliphatic rings. The normalized spacial score (nSPS) is 20.5. The lowest BCUT2D eigenvalue weighted by molar-refractivity contribution is -0.122. The minimum absolute atomic E-state index is 0. The van der Waals surface area contributed by atoms with Gasteiger partial charge in [0.1, 0.15) is 4.21 Å². The first-order chi connectivity index (χ1) is 11.4. The number of hydrogen-bond donors (Lipinski definition) is 2. The number of sulfonamides is 1. The van der Waals surface area contributed by atoms with Gasteiger partial charge < -0.3 is 11.1 Å². The Morgan fingerprint density at radius 1 is 1.32 bits per heavy atom. The molecule has 1 saturated carbocycles. The van der Waals surface area contributed by atoms with Gasteiger partial charge in [0.2, 0.25) is 5.91 Å². The lowest BCUT2D eigenvalue weighted by Crippen LogP contribution is -2.31. The van der Waals surface area contributed by atoms with Gasteiger partial charge in [-0.2, -0.15) is 4.31 Å². The molecule has 6 nitrogen and oxygen atoms in total. The van der Waals surface area contributed by atoms with Crippen LogP contribution in [0.15, 0.2) is 16.3 Å². The van der Waals surface area contributed by atoms with Gasteiger partial charge in [-0.15, -0.1) is 23.7 Å². The van der Waals surface area contributed by atoms with E-state index in [0.717, 1.165) is 24.1 Å². The van der Waals surface area contributed by atoms with Crippen molar-refractivity contribution in [2.24, 2.45) is 11.7 Å². The first-order valence-electron chi connectivity index (χ1n) is 8.49. The Hall–Kier alpha value is -0.670. The van der Waals surface area contributed by atoms with E-state index in [-0.39, 0.29) is 30.3 Å². The standard InChI is InChI=1S/C16H27N3O3S2.ClH/c1-3-19(4-2)24(21,22)16-9-8-13(23-16)11-18-15(20)10-12-6-5-7-14(12)17;/h8-9,12,14H,3-7,10-11,17H2,1-2H3,(H,18,20);1H/t12-,14+;/m0./s1. The highest BCUT2D eigenvalue weighted by Crippen LogP contribution is 2.27. The van der Waals surface area contributed by atoms with Crippen LogP contribution in [0, 0.1) is 5.92 Å². The van der Waals surface area contributed by atoms with Crippen LogP contribution in [0.3, 0.4) is 0 Å². The summed E-state index contributed by atoms with van der Waals surface area (Å²) in [6.45, 7) is 4.90. The monoisotopic (exact) mass is 409 g/mol. The maximum atomic E-state index is 12.4. The van der Waals surface area contributed by atoms with Crippen LogP contribution < -0.4 is 11.1 Å². The Labute approximate surface area is 160 Å². The highest BCUT2D eigenvalue weighted by atomic mass is 35.5. The summed E-state index contributed by atoms with van der Waals surface area (Å²) in [6, 6.07) is 3.51. The van der Waals surface area contributed by atoms with Gasteiger partial charge in [0.25, 0.3) is 10.0 Å². The Morgan fingerprint density at radius 3 is 2.56 bits per heavy atom. The van der Waals surface area contributed by atoms with Gasteiger partial charge in [0, 0.05) is 30.4 Å². The number of carbonyl (C=O) groups excluding carboxylic acids is 1. The van der Waals surface area contributed by atoms with E-state index in [1.54, 1.807) is 12.1 Å². The van der Waals surface area contributed by atoms with Gasteiger partial charge in [-0.1, -0.05) is 20.3 Å². The fourth-order valence-electron chi connectivity index (χ4n) is 3.10. The number of nitrogens with two attached hydrogens (primary N) is 1. The molecule has 144 valence electrons. The van der Waals surface area contributed by atoms with Gasteiger partial charge in [-0.05, 0) is 30.9 Å². The molecule has 0 unspecified atom stereocenters. The minimum atomic E-state index is -3.42. The number of nitrogens with one attached hydrogen (secondary N) is 1. The van der Waals surface area contributed by atoms with Crippen molar-refractivity contribution in [2.75, 3.05) is 13.1 Å². The Morgan fingerprint density at radius 2 is 2.00 bits per heavy atom. The summed E-state index contributed by atoms with van der Waals surface area (Å²) in [5.41, 5.74) is 5.99. The second-order valence-electron chi connectivity index (χ2n) is 6.15. The maximum absolute atomic E-state index is 12.4. The van der Waals surface area contributed by atoms with Crippen molar-refractivity contribution in [2.45, 2.75) is 56.3 Å². The zero-order chi connectivity index (χ0) is 17.7. The molecule has 0 bridgehead atoms. The molecule has 0 aromatic carbocycles. The largest absolute Gasteiger partial charge is 0.351 e. The number of amides is 1. The van der Waals surface area contributed by atoms with Crippen LogP contribution in [0.25, 0.3) is 0 Å². The van der Waals surface area contributed by atoms with Gasteiger partial charge in [-0.3, -0.25) is 4.79 Å². The third-order valence-corrected chi connectivity index (χ3v) is 8.16. The lowest BCUT2D eigenvalue weighted by atomic mass is 10.00. The van der Waals surface area contributed by atoms with Crippen molar-refractivity contribution in [1.29, 1.82) is 0 Å². The Bertz CT molecular complexity index is 659. The first-order valence-corrected chi connectivity index (χ1v) is 10.7. The number of thiophene rings is 1. The molecule has 25 heavy (non-hydrogen) atoms. The van der Waals surface area contributed by atoms with Crippen LogP contribution in [0.5, 0.6) is 0 Å². The van der Waals surface area contributed by atoms with Crippen molar-refractivity contribution in [1.82, 2.24) is 9.62 Å². The molecule has 9 heteroatoms. The molecule has 1 heterocycles. The van der Waals surface area contributed by atoms with E-state index in [0.29, 0.717) is 30.3 Å². The summed E-state index contributed by atoms with van der Waals surface area (Å²) < 4.78 is 26.7. The van der Waals surface area contributed by atoms with Crippen LogP contribution in [0.2, 0.25) is 0 Å². The van der Waals surface area contributed by atoms with Crippen LogP contribution in [0.4, 0.5) is 0 Å². The van der Waals surface area contributed by atoms with Crippen LogP contribution >= 0.6 is 23.7 Å². The van der Waals surface area contributed by atoms with E-state index in [1.165, 1.54) is 15.6 Å². The predicted molar refractivity (Wildman–Crippen MR) is 103 cm³/mol. The second-order valence-corrected chi connectivity index (χ2v) is 9.48. The lowest BCUT2D eigenvalue weighted by Gasteiger charge is -2.16. The van der Waals surface area contributed by atoms with E-state index < -0.39 is 10.0 Å². The van der Waals surface area contributed by atoms with E-state index in [9.17, 15) is 13.2 Å². The summed E-state index contributed by atoms with van der Waals surface area (Å²) in [4.78, 5) is 12.9. The van der Waals surface area contributed by atoms with E-state index in [1.807, 2.05) is 13.8 Å². The molecule has 1 aromatic heterocycles. The number of hydrogen-bond acceptors (Lipinski definition) is 5. The van der Waals surface area contributed by atoms with Crippen molar-refractivity contribution in [3.05, 3.63) is 17.0 Å². The van der Waals surface area contributed by atoms with Gasteiger partial charge in [0.15, 0.2) is 0 Å². The highest BCUT2D eigenvalue weighted by molar-refractivity contribution is 7.91. The maximum Gasteiger partial charge on any atom is 0.252 e. The summed E-state index contributed by atoms with van der Waals surface area (Å²) >= 11 is 1.22. The van der Waals surface area contributed by atoms with Crippen molar-refractivity contribution < 1.29 is 13.2 Å². The van der Waals surface area contributed by atoms with Crippen LogP contribution in [-0.2, 0) is 21.4 Å². The summed E-state index contributed by atoms with van der Waals surface area (Å²) in [5, 5.41) is 2.88. The third kappa shape index (κ3) is 5.65. The second kappa shape index (κ2) is 9.87. The average molecular weight is 410 g/mol. The van der Waals surface area contributed by atoms with Crippen LogP contribution in [-0.4, -0.2) is 37.8 Å². The van der Waals surface area contributed by atoms with E-state index in [4.69, 9.17) is 5.73 Å². The molecule has 3 N–H and O–H groups in total. The molecule has 0 spiro atoms. The summed E-state index contributed by atoms with van der Waals surface area (Å²) in [7, 11) is -3.42. The first kappa shape index (κ1) is 22.4. The molecule has 0 aliphatic heterocycles. The van der Waals surface area contributed by atoms with E-state index in [2.05, 4.69) is 5.32 Å². The van der Waals surface area contributed by atoms with Crippen LogP contribution in [0.1, 0.15) is 44.4 Å². The SMILES string of the molecule is CCN(CC)S(=O)(=O)c1ccc(CNC(=O)C[C@@H]2CCC[C@H]2N)s1.Cl. The molecular weight excluding hydrogens is 382 g/mol. The Balaban J connectivity index is 0.00000312. The summed E-state index contributed by atoms with van der Waals surface area (Å²) in [5.74, 6) is 0.255. The van der Waals surface area contributed by atoms with Crippen molar-refractivity contribution in [3.8, 4) is 0 Å². The topological polar surface area (TPSA) is 92.5 Å². The fourth-order valence-corrected chi connectivity index (χ4v) is 6.01. The van der Waals surface area contributed by atoms with E-state index >= 15 is 0 Å². The molecular formula is C16H28ClN3O3S2. The number of halogens is 1. The molecule has 2 atom stereocenters. The third-order valence-electron chi connectivity index (χ3n) is 4.56. The molecule has 1 amide bonds. The van der Waals surface area contributed by atoms with Crippen molar-refractivity contribution >= 4 is 39.7 Å². The number of nitrogens with zero attached hydrogens (tertiary/aromatic N) is 1. The Kier molecular flexibility index (Phi) is 8.83. The summed E-state index contributed by atoms with van der Waals surface area (Å²) in [6.07, 6.45) is 3.56. The molecule has 1 aliphatic carbocycles. The van der Waals surface area contributed by atoms with Gasteiger partial charge in [-0.25, -0.2) is 8.42 Å². The minimum Gasteiger partial charge on any atom is -0.351 e. The molecule has 1 fully saturated rings. The zero-order valence-electron chi connectivity index (χ0n) is 14.7. The van der Waals surface area contributed by atoms with Crippen molar-refractivity contribution in [3.63, 3.8) is 0 Å². The smallest absolute Gasteiger partial charge is 0.252 e. The molecule has 1 aromatic rings. The predicted octanol–water partition coefficient (Wildman–Crippen LogP) is 2.33. The molecule has 0 radical (unpaired) electrons. The number of rotatable bonds is 8. The van der Waals surface area contributed by atoms with Gasteiger partial charge >= 0.3 is 0 Å².